The van der Waals surface area contributed by atoms with Crippen LogP contribution in [-0.4, -0.2) is 12.6 Å². The first-order chi connectivity index (χ1) is 3.83. The summed E-state index contributed by atoms with van der Waals surface area (Å²) in [5.41, 5.74) is 0. The van der Waals surface area contributed by atoms with Gasteiger partial charge in [-0.15, -0.1) is 6.58 Å². The molecule has 0 aromatic carbocycles. The molecule has 1 fully saturated rings. The van der Waals surface area contributed by atoms with Crippen LogP contribution in [0.15, 0.2) is 12.7 Å². The number of hydrogen-bond donors (Lipinski definition) is 0. The lowest BCUT2D eigenvalue weighted by molar-refractivity contribution is -0.137. The van der Waals surface area contributed by atoms with E-state index >= 15 is 0 Å². The topological polar surface area (TPSA) is 26.3 Å². The fraction of sp³-hybridized carbons (Fsp3) is 0.500. The summed E-state index contributed by atoms with van der Waals surface area (Å²) in [6.45, 7) is 4.08. The fourth-order valence-electron chi connectivity index (χ4n) is 0.683. The normalized spacial score (nSPS) is 27.5. The van der Waals surface area contributed by atoms with Gasteiger partial charge in [0.25, 0.3) is 0 Å². The summed E-state index contributed by atoms with van der Waals surface area (Å²) in [4.78, 5) is 10.3. The van der Waals surface area contributed by atoms with Crippen molar-refractivity contribution in [2.24, 2.45) is 5.92 Å². The molecule has 2 heteroatoms. The molecule has 0 aliphatic carbocycles. The molecule has 44 valence electrons. The van der Waals surface area contributed by atoms with Crippen molar-refractivity contribution in [2.75, 3.05) is 6.61 Å². The van der Waals surface area contributed by atoms with E-state index in [4.69, 9.17) is 0 Å². The molecule has 0 N–H and O–H groups in total. The standard InChI is InChI=1S/C6H8O2/c1-2-5-3-6(7)8-4-5/h2,5H,1,3-4H2/t5-/m0/s1. The van der Waals surface area contributed by atoms with E-state index in [-0.39, 0.29) is 11.9 Å². The third kappa shape index (κ3) is 0.886. The van der Waals surface area contributed by atoms with Gasteiger partial charge >= 0.3 is 5.97 Å². The second-order valence-corrected chi connectivity index (χ2v) is 1.88. The number of cyclic esters (lactones) is 1. The van der Waals surface area contributed by atoms with Crippen LogP contribution in [0, 0.1) is 5.92 Å². The Hall–Kier alpha value is -0.790. The summed E-state index contributed by atoms with van der Waals surface area (Å²) >= 11 is 0. The van der Waals surface area contributed by atoms with Gasteiger partial charge in [0, 0.05) is 5.92 Å². The van der Waals surface area contributed by atoms with Crippen LogP contribution in [0.2, 0.25) is 0 Å². The molecule has 0 aromatic rings. The summed E-state index contributed by atoms with van der Waals surface area (Å²) in [5, 5.41) is 0. The molecule has 0 amide bonds. The highest BCUT2D eigenvalue weighted by atomic mass is 16.5. The van der Waals surface area contributed by atoms with Gasteiger partial charge in [-0.2, -0.15) is 0 Å². The van der Waals surface area contributed by atoms with Crippen LogP contribution in [-0.2, 0) is 9.53 Å². The minimum atomic E-state index is -0.102. The molecule has 1 saturated heterocycles. The van der Waals surface area contributed by atoms with Crippen LogP contribution >= 0.6 is 0 Å². The van der Waals surface area contributed by atoms with Gasteiger partial charge in [0.2, 0.25) is 0 Å². The lowest BCUT2D eigenvalue weighted by Crippen LogP contribution is -1.91. The Labute approximate surface area is 48.1 Å². The second kappa shape index (κ2) is 1.99. The number of ether oxygens (including phenoxy) is 1. The molecule has 1 heterocycles. The molecular formula is C6H8O2. The minimum Gasteiger partial charge on any atom is -0.465 e. The molecule has 0 unspecified atom stereocenters. The summed E-state index contributed by atoms with van der Waals surface area (Å²) in [6, 6.07) is 0. The molecule has 2 nitrogen and oxygen atoms in total. The highest BCUT2D eigenvalue weighted by molar-refractivity contribution is 5.71. The minimum absolute atomic E-state index is 0.102. The van der Waals surface area contributed by atoms with Gasteiger partial charge in [0.15, 0.2) is 0 Å². The van der Waals surface area contributed by atoms with Gasteiger partial charge in [-0.3, -0.25) is 4.79 Å². The Morgan fingerprint density at radius 1 is 1.88 bits per heavy atom. The molecule has 1 rings (SSSR count). The largest absolute Gasteiger partial charge is 0.465 e. The zero-order chi connectivity index (χ0) is 5.98. The molecule has 1 aliphatic rings. The predicted molar refractivity (Wildman–Crippen MR) is 29.3 cm³/mol. The SMILES string of the molecule is C=C[C@@H]1COC(=O)C1. The molecule has 0 radical (unpaired) electrons. The number of carbonyl (C=O) groups excluding carboxylic acids is 1. The van der Waals surface area contributed by atoms with E-state index in [1.165, 1.54) is 0 Å². The van der Waals surface area contributed by atoms with Crippen molar-refractivity contribution in [1.29, 1.82) is 0 Å². The van der Waals surface area contributed by atoms with E-state index in [1.54, 1.807) is 6.08 Å². The molecule has 8 heavy (non-hydrogen) atoms. The van der Waals surface area contributed by atoms with E-state index in [0.717, 1.165) is 0 Å². The second-order valence-electron chi connectivity index (χ2n) is 1.88. The quantitative estimate of drug-likeness (QED) is 0.369. The first-order valence-electron chi connectivity index (χ1n) is 2.61. The molecule has 1 aliphatic heterocycles. The number of esters is 1. The summed E-state index contributed by atoms with van der Waals surface area (Å²) in [7, 11) is 0. The average Bonchev–Trinajstić information content (AvgIpc) is 2.14. The van der Waals surface area contributed by atoms with E-state index in [9.17, 15) is 4.79 Å². The highest BCUT2D eigenvalue weighted by Crippen LogP contribution is 2.13. The summed E-state index contributed by atoms with van der Waals surface area (Å²) in [5.74, 6) is 0.164. The third-order valence-electron chi connectivity index (χ3n) is 1.22. The Morgan fingerprint density at radius 2 is 2.62 bits per heavy atom. The monoisotopic (exact) mass is 112 g/mol. The molecule has 0 spiro atoms. The lowest BCUT2D eigenvalue weighted by atomic mass is 10.1. The van der Waals surface area contributed by atoms with Crippen LogP contribution in [0.5, 0.6) is 0 Å². The summed E-state index contributed by atoms with van der Waals surface area (Å²) in [6.07, 6.45) is 2.27. The van der Waals surface area contributed by atoms with Gasteiger partial charge in [0.05, 0.1) is 13.0 Å². The fourth-order valence-corrected chi connectivity index (χ4v) is 0.683. The Balaban J connectivity index is 2.43. The van der Waals surface area contributed by atoms with Gasteiger partial charge in [-0.05, 0) is 0 Å². The van der Waals surface area contributed by atoms with Crippen LogP contribution in [0.3, 0.4) is 0 Å². The van der Waals surface area contributed by atoms with Crippen molar-refractivity contribution >= 4 is 5.97 Å². The van der Waals surface area contributed by atoms with Crippen LogP contribution in [0.1, 0.15) is 6.42 Å². The maximum absolute atomic E-state index is 10.3. The smallest absolute Gasteiger partial charge is 0.306 e. The first kappa shape index (κ1) is 5.35. The van der Waals surface area contributed by atoms with Crippen molar-refractivity contribution in [2.45, 2.75) is 6.42 Å². The molecule has 0 aromatic heterocycles. The number of rotatable bonds is 1. The van der Waals surface area contributed by atoms with E-state index in [0.29, 0.717) is 13.0 Å². The van der Waals surface area contributed by atoms with Crippen molar-refractivity contribution in [1.82, 2.24) is 0 Å². The predicted octanol–water partition coefficient (Wildman–Crippen LogP) is 0.736. The zero-order valence-electron chi connectivity index (χ0n) is 4.59. The lowest BCUT2D eigenvalue weighted by Gasteiger charge is -1.90. The molecular weight excluding hydrogens is 104 g/mol. The van der Waals surface area contributed by atoms with Crippen LogP contribution in [0.4, 0.5) is 0 Å². The Kier molecular flexibility index (Phi) is 1.33. The number of carbonyl (C=O) groups is 1. The highest BCUT2D eigenvalue weighted by Gasteiger charge is 2.19. The summed E-state index contributed by atoms with van der Waals surface area (Å²) < 4.78 is 4.65. The zero-order valence-corrected chi connectivity index (χ0v) is 4.59. The molecule has 0 bridgehead atoms. The Morgan fingerprint density at radius 3 is 2.88 bits per heavy atom. The van der Waals surface area contributed by atoms with E-state index in [2.05, 4.69) is 11.3 Å². The number of hydrogen-bond acceptors (Lipinski definition) is 2. The van der Waals surface area contributed by atoms with Gasteiger partial charge in [-0.1, -0.05) is 6.08 Å². The third-order valence-corrected chi connectivity index (χ3v) is 1.22. The van der Waals surface area contributed by atoms with Crippen LogP contribution in [0.25, 0.3) is 0 Å². The van der Waals surface area contributed by atoms with Gasteiger partial charge in [0.1, 0.15) is 0 Å². The van der Waals surface area contributed by atoms with Crippen molar-refractivity contribution in [3.63, 3.8) is 0 Å². The Bertz CT molecular complexity index is 118. The van der Waals surface area contributed by atoms with Crippen LogP contribution < -0.4 is 0 Å². The van der Waals surface area contributed by atoms with Gasteiger partial charge in [-0.25, -0.2) is 0 Å². The maximum Gasteiger partial charge on any atom is 0.306 e. The van der Waals surface area contributed by atoms with E-state index < -0.39 is 0 Å². The van der Waals surface area contributed by atoms with E-state index in [1.807, 2.05) is 0 Å². The van der Waals surface area contributed by atoms with Crippen molar-refractivity contribution in [3.05, 3.63) is 12.7 Å². The average molecular weight is 112 g/mol. The molecule has 1 atom stereocenters. The van der Waals surface area contributed by atoms with Gasteiger partial charge < -0.3 is 4.74 Å². The molecule has 0 saturated carbocycles. The first-order valence-corrected chi connectivity index (χ1v) is 2.61. The van der Waals surface area contributed by atoms with Crippen molar-refractivity contribution in [3.8, 4) is 0 Å². The maximum atomic E-state index is 10.3. The van der Waals surface area contributed by atoms with Crippen molar-refractivity contribution < 1.29 is 9.53 Å².